The zero-order valence-corrected chi connectivity index (χ0v) is 6.03. The van der Waals surface area contributed by atoms with Crippen LogP contribution in [0.2, 0.25) is 0 Å². The number of nitrogens with zero attached hydrogens (tertiary/aromatic N) is 1. The van der Waals surface area contributed by atoms with Crippen molar-refractivity contribution in [3.05, 3.63) is 12.5 Å². The zero-order valence-electron chi connectivity index (χ0n) is 6.03. The first-order chi connectivity index (χ1) is 5.33. The average molecular weight is 156 g/mol. The van der Waals surface area contributed by atoms with E-state index in [0.717, 1.165) is 0 Å². The maximum Gasteiger partial charge on any atom is 0.415 e. The number of amides is 1. The molecule has 1 rings (SSSR count). The fraction of sp³-hybridized carbons (Fsp3) is 0.333. The molecule has 5 heteroatoms. The van der Waals surface area contributed by atoms with Crippen molar-refractivity contribution in [2.24, 2.45) is 0 Å². The Morgan fingerprint density at radius 1 is 1.91 bits per heavy atom. The quantitative estimate of drug-likeness (QED) is 0.699. The Morgan fingerprint density at radius 2 is 2.73 bits per heavy atom. The highest BCUT2D eigenvalue weighted by Crippen LogP contribution is 2.00. The van der Waals surface area contributed by atoms with Crippen molar-refractivity contribution in [2.75, 3.05) is 11.9 Å². The molecule has 0 aliphatic rings. The molecule has 0 radical (unpaired) electrons. The molecule has 5 nitrogen and oxygen atoms in total. The summed E-state index contributed by atoms with van der Waals surface area (Å²) >= 11 is 0. The number of anilines is 1. The number of carbonyl (C=O) groups is 1. The molecular weight excluding hydrogens is 148 g/mol. The SMILES string of the molecule is CCOC(=O)Nc1ncco1. The van der Waals surface area contributed by atoms with Gasteiger partial charge in [0.25, 0.3) is 0 Å². The van der Waals surface area contributed by atoms with Crippen LogP contribution in [0.1, 0.15) is 6.92 Å². The predicted molar refractivity (Wildman–Crippen MR) is 37.1 cm³/mol. The third-order valence-electron chi connectivity index (χ3n) is 0.917. The van der Waals surface area contributed by atoms with Crippen molar-refractivity contribution < 1.29 is 13.9 Å². The second-order valence-electron chi connectivity index (χ2n) is 1.68. The number of hydrogen-bond acceptors (Lipinski definition) is 4. The van der Waals surface area contributed by atoms with Crippen molar-refractivity contribution in [1.29, 1.82) is 0 Å². The molecule has 1 amide bonds. The first kappa shape index (κ1) is 7.59. The Balaban J connectivity index is 2.37. The fourth-order valence-corrected chi connectivity index (χ4v) is 0.540. The van der Waals surface area contributed by atoms with Gasteiger partial charge in [0.15, 0.2) is 0 Å². The second-order valence-corrected chi connectivity index (χ2v) is 1.68. The first-order valence-electron chi connectivity index (χ1n) is 3.16. The van der Waals surface area contributed by atoms with E-state index >= 15 is 0 Å². The van der Waals surface area contributed by atoms with Gasteiger partial charge >= 0.3 is 12.1 Å². The van der Waals surface area contributed by atoms with E-state index in [0.29, 0.717) is 6.61 Å². The van der Waals surface area contributed by atoms with E-state index in [1.807, 2.05) is 0 Å². The minimum atomic E-state index is -0.560. The van der Waals surface area contributed by atoms with Gasteiger partial charge in [0.05, 0.1) is 12.8 Å². The maximum absolute atomic E-state index is 10.7. The van der Waals surface area contributed by atoms with Gasteiger partial charge in [-0.1, -0.05) is 0 Å². The van der Waals surface area contributed by atoms with E-state index in [1.165, 1.54) is 12.5 Å². The van der Waals surface area contributed by atoms with Crippen LogP contribution in [-0.2, 0) is 4.74 Å². The van der Waals surface area contributed by atoms with E-state index in [1.54, 1.807) is 6.92 Å². The van der Waals surface area contributed by atoms with Gasteiger partial charge in [-0.25, -0.2) is 15.1 Å². The number of nitrogens with one attached hydrogen (secondary N) is 1. The minimum absolute atomic E-state index is 0.142. The number of hydrogen-bond donors (Lipinski definition) is 1. The van der Waals surface area contributed by atoms with E-state index in [4.69, 9.17) is 4.42 Å². The van der Waals surface area contributed by atoms with Gasteiger partial charge in [-0.3, -0.25) is 0 Å². The number of aromatic nitrogens is 1. The van der Waals surface area contributed by atoms with E-state index in [9.17, 15) is 4.79 Å². The number of oxazole rings is 1. The van der Waals surface area contributed by atoms with Crippen LogP contribution in [0, 0.1) is 0 Å². The number of ether oxygens (including phenoxy) is 1. The van der Waals surface area contributed by atoms with Gasteiger partial charge in [0, 0.05) is 0 Å². The lowest BCUT2D eigenvalue weighted by molar-refractivity contribution is 0.167. The molecule has 0 unspecified atom stereocenters. The third-order valence-corrected chi connectivity index (χ3v) is 0.917. The lowest BCUT2D eigenvalue weighted by Crippen LogP contribution is -2.13. The Kier molecular flexibility index (Phi) is 2.48. The van der Waals surface area contributed by atoms with Gasteiger partial charge in [0.2, 0.25) is 0 Å². The van der Waals surface area contributed by atoms with Crippen molar-refractivity contribution in [1.82, 2.24) is 4.98 Å². The molecule has 0 aliphatic carbocycles. The molecule has 0 aliphatic heterocycles. The van der Waals surface area contributed by atoms with Crippen LogP contribution in [-0.4, -0.2) is 17.7 Å². The van der Waals surface area contributed by atoms with Crippen LogP contribution in [0.25, 0.3) is 0 Å². The van der Waals surface area contributed by atoms with Gasteiger partial charge in [-0.2, -0.15) is 0 Å². The molecule has 0 spiro atoms. The highest BCUT2D eigenvalue weighted by molar-refractivity contribution is 5.81. The highest BCUT2D eigenvalue weighted by Gasteiger charge is 2.03. The molecule has 1 aromatic heterocycles. The van der Waals surface area contributed by atoms with Crippen LogP contribution in [0.15, 0.2) is 16.9 Å². The average Bonchev–Trinajstić information content (AvgIpc) is 2.40. The van der Waals surface area contributed by atoms with Crippen LogP contribution >= 0.6 is 0 Å². The lowest BCUT2D eigenvalue weighted by Gasteiger charge is -1.98. The highest BCUT2D eigenvalue weighted by atomic mass is 16.5. The monoisotopic (exact) mass is 156 g/mol. The number of carbonyl (C=O) groups excluding carboxylic acids is 1. The molecular formula is C6H8N2O3. The molecule has 0 bridgehead atoms. The summed E-state index contributed by atoms with van der Waals surface area (Å²) in [4.78, 5) is 14.3. The molecule has 0 saturated carbocycles. The summed E-state index contributed by atoms with van der Waals surface area (Å²) in [7, 11) is 0. The standard InChI is InChI=1S/C6H8N2O3/c1-2-10-6(9)8-5-7-3-4-11-5/h3-4H,2H2,1H3,(H,7,8,9). The molecule has 0 atom stereocenters. The van der Waals surface area contributed by atoms with Crippen molar-refractivity contribution in [3.63, 3.8) is 0 Å². The predicted octanol–water partition coefficient (Wildman–Crippen LogP) is 1.24. The third kappa shape index (κ3) is 2.29. The van der Waals surface area contributed by atoms with E-state index in [-0.39, 0.29) is 6.01 Å². The smallest absolute Gasteiger partial charge is 0.415 e. The second kappa shape index (κ2) is 3.60. The molecule has 60 valence electrons. The zero-order chi connectivity index (χ0) is 8.10. The largest absolute Gasteiger partial charge is 0.450 e. The Bertz CT molecular complexity index is 220. The molecule has 0 saturated heterocycles. The Hall–Kier alpha value is -1.52. The normalized spacial score (nSPS) is 9.18. The molecule has 1 aromatic rings. The van der Waals surface area contributed by atoms with Crippen molar-refractivity contribution in [2.45, 2.75) is 6.92 Å². The first-order valence-corrected chi connectivity index (χ1v) is 3.16. The van der Waals surface area contributed by atoms with E-state index < -0.39 is 6.09 Å². The van der Waals surface area contributed by atoms with Crippen molar-refractivity contribution >= 4 is 12.1 Å². The topological polar surface area (TPSA) is 64.4 Å². The summed E-state index contributed by atoms with van der Waals surface area (Å²) in [6.45, 7) is 2.04. The van der Waals surface area contributed by atoms with Crippen LogP contribution in [0.4, 0.5) is 10.8 Å². The van der Waals surface area contributed by atoms with Crippen LogP contribution in [0.5, 0.6) is 0 Å². The summed E-state index contributed by atoms with van der Waals surface area (Å²) < 4.78 is 9.29. The summed E-state index contributed by atoms with van der Waals surface area (Å²) in [5.41, 5.74) is 0. The lowest BCUT2D eigenvalue weighted by atomic mass is 10.8. The summed E-state index contributed by atoms with van der Waals surface area (Å²) in [5, 5.41) is 2.28. The minimum Gasteiger partial charge on any atom is -0.450 e. The molecule has 0 fully saturated rings. The molecule has 1 N–H and O–H groups in total. The molecule has 0 aromatic carbocycles. The Morgan fingerprint density at radius 3 is 3.27 bits per heavy atom. The van der Waals surface area contributed by atoms with Crippen LogP contribution in [0.3, 0.4) is 0 Å². The number of rotatable bonds is 2. The van der Waals surface area contributed by atoms with E-state index in [2.05, 4.69) is 15.0 Å². The fourth-order valence-electron chi connectivity index (χ4n) is 0.540. The van der Waals surface area contributed by atoms with Gasteiger partial charge in [-0.05, 0) is 6.92 Å². The Labute approximate surface area is 63.4 Å². The summed E-state index contributed by atoms with van der Waals surface area (Å²) in [6.07, 6.45) is 2.23. The van der Waals surface area contributed by atoms with Gasteiger partial charge in [-0.15, -0.1) is 0 Å². The van der Waals surface area contributed by atoms with Gasteiger partial charge < -0.3 is 9.15 Å². The van der Waals surface area contributed by atoms with Gasteiger partial charge in [0.1, 0.15) is 6.26 Å². The molecule has 11 heavy (non-hydrogen) atoms. The van der Waals surface area contributed by atoms with Crippen molar-refractivity contribution in [3.8, 4) is 0 Å². The maximum atomic E-state index is 10.7. The van der Waals surface area contributed by atoms with Crippen LogP contribution < -0.4 is 5.32 Å². The summed E-state index contributed by atoms with van der Waals surface area (Å²) in [6, 6.07) is 0.142. The summed E-state index contributed by atoms with van der Waals surface area (Å²) in [5.74, 6) is 0. The molecule has 1 heterocycles.